The molecule has 0 saturated carbocycles. The summed E-state index contributed by atoms with van der Waals surface area (Å²) in [5, 5.41) is 13.3. The van der Waals surface area contributed by atoms with Crippen LogP contribution in [0.2, 0.25) is 0 Å². The van der Waals surface area contributed by atoms with Crippen molar-refractivity contribution in [3.8, 4) is 5.75 Å². The van der Waals surface area contributed by atoms with E-state index in [2.05, 4.69) is 43.8 Å². The number of amides is 1. The molecule has 0 fully saturated rings. The Morgan fingerprint density at radius 1 is 1.29 bits per heavy atom. The second-order valence-corrected chi connectivity index (χ2v) is 6.74. The number of halogens is 2. The van der Waals surface area contributed by atoms with Crippen LogP contribution < -0.4 is 10.1 Å². The molecule has 6 heteroatoms. The van der Waals surface area contributed by atoms with Crippen LogP contribution in [0.4, 0.5) is 5.69 Å². The van der Waals surface area contributed by atoms with Gasteiger partial charge in [-0.2, -0.15) is 0 Å². The molecule has 2 aromatic carbocycles. The Morgan fingerprint density at radius 3 is 2.90 bits per heavy atom. The van der Waals surface area contributed by atoms with Gasteiger partial charge in [0.05, 0.1) is 5.69 Å². The molecule has 1 aliphatic rings. The molecule has 4 nitrogen and oxygen atoms in total. The Hall–Kier alpha value is -1.12. The molecule has 0 spiro atoms. The number of carbonyl (C=O) groups excluding carboxylic acids is 1. The number of hydrogen-bond donors (Lipinski definition) is 2. The molecule has 2 aromatic rings. The molecule has 0 bridgehead atoms. The number of rotatable bonds is 2. The lowest BCUT2D eigenvalue weighted by molar-refractivity contribution is -0.118. The number of anilines is 1. The summed E-state index contributed by atoms with van der Waals surface area (Å²) >= 11 is 5.60. The van der Waals surface area contributed by atoms with Crippen molar-refractivity contribution in [1.82, 2.24) is 0 Å². The smallest absolute Gasteiger partial charge is 0.262 e. The third-order valence-corrected chi connectivity index (χ3v) is 4.68. The monoisotopic (exact) mass is 459 g/mol. The molecule has 1 unspecified atom stereocenters. The first kappa shape index (κ1) is 14.8. The lowest BCUT2D eigenvalue weighted by Crippen LogP contribution is -2.25. The summed E-state index contributed by atoms with van der Waals surface area (Å²) in [5.41, 5.74) is 2.11. The molecule has 0 aliphatic carbocycles. The lowest BCUT2D eigenvalue weighted by atomic mass is 10.0. The van der Waals surface area contributed by atoms with Crippen molar-refractivity contribution < 1.29 is 14.6 Å². The fourth-order valence-corrected chi connectivity index (χ4v) is 3.18. The van der Waals surface area contributed by atoms with Crippen molar-refractivity contribution in [3.63, 3.8) is 0 Å². The first-order valence-corrected chi connectivity index (χ1v) is 8.11. The second-order valence-electron chi connectivity index (χ2n) is 4.66. The van der Waals surface area contributed by atoms with Gasteiger partial charge in [0.15, 0.2) is 6.61 Å². The first-order valence-electron chi connectivity index (χ1n) is 6.24. The van der Waals surface area contributed by atoms with Gasteiger partial charge in [-0.1, -0.05) is 22.0 Å². The Labute approximate surface area is 143 Å². The Morgan fingerprint density at radius 2 is 2.10 bits per heavy atom. The molecule has 1 heterocycles. The predicted octanol–water partition coefficient (Wildman–Crippen LogP) is 3.47. The summed E-state index contributed by atoms with van der Waals surface area (Å²) in [6, 6.07) is 11.1. The van der Waals surface area contributed by atoms with E-state index in [9.17, 15) is 9.90 Å². The number of hydrogen-bond acceptors (Lipinski definition) is 3. The summed E-state index contributed by atoms with van der Waals surface area (Å²) in [5.74, 6) is 0.431. The quantitative estimate of drug-likeness (QED) is 0.676. The highest BCUT2D eigenvalue weighted by atomic mass is 127. The third kappa shape index (κ3) is 3.07. The highest BCUT2D eigenvalue weighted by Gasteiger charge is 2.20. The summed E-state index contributed by atoms with van der Waals surface area (Å²) in [6.45, 7) is 0.0262. The summed E-state index contributed by atoms with van der Waals surface area (Å²) in [7, 11) is 0. The van der Waals surface area contributed by atoms with Gasteiger partial charge in [0.2, 0.25) is 0 Å². The molecule has 0 radical (unpaired) electrons. The van der Waals surface area contributed by atoms with Gasteiger partial charge in [-0.3, -0.25) is 4.79 Å². The van der Waals surface area contributed by atoms with Crippen molar-refractivity contribution in [2.75, 3.05) is 11.9 Å². The summed E-state index contributed by atoms with van der Waals surface area (Å²) < 4.78 is 7.20. The zero-order valence-electron chi connectivity index (χ0n) is 10.8. The summed E-state index contributed by atoms with van der Waals surface area (Å²) in [4.78, 5) is 11.4. The van der Waals surface area contributed by atoms with Gasteiger partial charge in [-0.25, -0.2) is 0 Å². The molecule has 2 N–H and O–H groups in total. The number of carbonyl (C=O) groups is 1. The molecule has 21 heavy (non-hydrogen) atoms. The molecule has 1 atom stereocenters. The van der Waals surface area contributed by atoms with E-state index in [1.54, 1.807) is 18.2 Å². The number of aliphatic hydroxyl groups is 1. The van der Waals surface area contributed by atoms with Gasteiger partial charge in [0, 0.05) is 8.04 Å². The largest absolute Gasteiger partial charge is 0.482 e. The molecular formula is C15H11BrINO3. The second kappa shape index (κ2) is 5.94. The Kier molecular flexibility index (Phi) is 4.19. The molecule has 0 saturated heterocycles. The number of ether oxygens (including phenoxy) is 1. The van der Waals surface area contributed by atoms with Crippen LogP contribution in [0.25, 0.3) is 0 Å². The minimum Gasteiger partial charge on any atom is -0.482 e. The van der Waals surface area contributed by atoms with E-state index < -0.39 is 6.10 Å². The number of nitrogens with one attached hydrogen (secondary N) is 1. The van der Waals surface area contributed by atoms with Gasteiger partial charge in [-0.15, -0.1) is 0 Å². The maximum Gasteiger partial charge on any atom is 0.262 e. The standard InChI is InChI=1S/C15H11BrINO3/c16-9-2-3-11(17)10(6-9)15(20)8-1-4-13-12(5-8)18-14(19)7-21-13/h1-6,15,20H,7H2,(H,18,19). The van der Waals surface area contributed by atoms with E-state index in [-0.39, 0.29) is 12.5 Å². The predicted molar refractivity (Wildman–Crippen MR) is 91.5 cm³/mol. The molecule has 0 aromatic heterocycles. The van der Waals surface area contributed by atoms with E-state index in [1.165, 1.54) is 0 Å². The van der Waals surface area contributed by atoms with Crippen molar-refractivity contribution in [2.45, 2.75) is 6.10 Å². The normalized spacial score (nSPS) is 14.9. The Balaban J connectivity index is 1.98. The van der Waals surface area contributed by atoms with E-state index in [4.69, 9.17) is 4.74 Å². The van der Waals surface area contributed by atoms with Crippen LogP contribution in [0, 0.1) is 3.57 Å². The van der Waals surface area contributed by atoms with E-state index >= 15 is 0 Å². The zero-order chi connectivity index (χ0) is 15.0. The first-order chi connectivity index (χ1) is 10.0. The highest BCUT2D eigenvalue weighted by Crippen LogP contribution is 2.34. The molecule has 1 aliphatic heterocycles. The van der Waals surface area contributed by atoms with E-state index in [0.29, 0.717) is 17.0 Å². The molecule has 1 amide bonds. The molecule has 3 rings (SSSR count). The average molecular weight is 460 g/mol. The van der Waals surface area contributed by atoms with Crippen LogP contribution in [-0.4, -0.2) is 17.6 Å². The van der Waals surface area contributed by atoms with E-state index in [1.807, 2.05) is 18.2 Å². The van der Waals surface area contributed by atoms with Crippen LogP contribution >= 0.6 is 38.5 Å². The van der Waals surface area contributed by atoms with Crippen LogP contribution in [0.1, 0.15) is 17.2 Å². The SMILES string of the molecule is O=C1COc2ccc(C(O)c3cc(Br)ccc3I)cc2N1. The Bertz CT molecular complexity index is 720. The zero-order valence-corrected chi connectivity index (χ0v) is 14.5. The maximum atomic E-state index is 11.4. The fourth-order valence-electron chi connectivity index (χ4n) is 2.17. The van der Waals surface area contributed by atoms with Crippen molar-refractivity contribution in [3.05, 3.63) is 55.6 Å². The van der Waals surface area contributed by atoms with Crippen molar-refractivity contribution >= 4 is 50.1 Å². The number of fused-ring (bicyclic) bond motifs is 1. The van der Waals surface area contributed by atoms with E-state index in [0.717, 1.165) is 13.6 Å². The van der Waals surface area contributed by atoms with Crippen LogP contribution in [-0.2, 0) is 4.79 Å². The molecule has 108 valence electrons. The lowest BCUT2D eigenvalue weighted by Gasteiger charge is -2.20. The van der Waals surface area contributed by atoms with Gasteiger partial charge < -0.3 is 15.2 Å². The van der Waals surface area contributed by atoms with Gasteiger partial charge >= 0.3 is 0 Å². The minimum absolute atomic E-state index is 0.0262. The minimum atomic E-state index is -0.765. The van der Waals surface area contributed by atoms with Crippen molar-refractivity contribution in [2.24, 2.45) is 0 Å². The topological polar surface area (TPSA) is 58.6 Å². The van der Waals surface area contributed by atoms with Crippen molar-refractivity contribution in [1.29, 1.82) is 0 Å². The average Bonchev–Trinajstić information content (AvgIpc) is 2.48. The van der Waals surface area contributed by atoms with Crippen LogP contribution in [0.15, 0.2) is 40.9 Å². The maximum absolute atomic E-state index is 11.4. The third-order valence-electron chi connectivity index (χ3n) is 3.20. The van der Waals surface area contributed by atoms with Crippen LogP contribution in [0.5, 0.6) is 5.75 Å². The van der Waals surface area contributed by atoms with Gasteiger partial charge in [0.1, 0.15) is 11.9 Å². The number of aliphatic hydroxyl groups excluding tert-OH is 1. The fraction of sp³-hybridized carbons (Fsp3) is 0.133. The number of benzene rings is 2. The van der Waals surface area contributed by atoms with Gasteiger partial charge in [0.25, 0.3) is 5.91 Å². The highest BCUT2D eigenvalue weighted by molar-refractivity contribution is 14.1. The summed E-state index contributed by atoms with van der Waals surface area (Å²) in [6.07, 6.45) is -0.765. The molecular weight excluding hydrogens is 449 g/mol. The van der Waals surface area contributed by atoms with Crippen LogP contribution in [0.3, 0.4) is 0 Å². The van der Waals surface area contributed by atoms with Gasteiger partial charge in [-0.05, 0) is 64.0 Å².